The number of fused-ring (bicyclic) bond motifs is 4. The number of carbonyl (C=O) groups excluding carboxylic acids is 1. The lowest BCUT2D eigenvalue weighted by Gasteiger charge is -2.22. The molecule has 0 saturated heterocycles. The highest BCUT2D eigenvalue weighted by atomic mass is 35.5. The van der Waals surface area contributed by atoms with Crippen molar-refractivity contribution in [2.24, 2.45) is 5.92 Å². The number of halogens is 2. The number of benzene rings is 1. The fourth-order valence-corrected chi connectivity index (χ4v) is 5.19. The van der Waals surface area contributed by atoms with Crippen LogP contribution >= 0.6 is 23.2 Å². The fraction of sp³-hybridized carbons (Fsp3) is 0.222. The minimum Gasteiger partial charge on any atom is -0.323 e. The van der Waals surface area contributed by atoms with Crippen molar-refractivity contribution in [3.8, 4) is 28.2 Å². The monoisotopic (exact) mass is 575 g/mol. The second-order valence-corrected chi connectivity index (χ2v) is 10.5. The number of hydrogen-bond donors (Lipinski definition) is 2. The maximum Gasteiger partial charge on any atom is 0.254 e. The first-order valence-electron chi connectivity index (χ1n) is 12.6. The van der Waals surface area contributed by atoms with Crippen molar-refractivity contribution in [1.29, 1.82) is 0 Å². The van der Waals surface area contributed by atoms with E-state index in [1.807, 2.05) is 19.1 Å². The molecule has 0 saturated carbocycles. The van der Waals surface area contributed by atoms with E-state index in [4.69, 9.17) is 23.2 Å². The van der Waals surface area contributed by atoms with Gasteiger partial charge in [-0.1, -0.05) is 41.8 Å². The summed E-state index contributed by atoms with van der Waals surface area (Å²) in [6, 6.07) is 10.0. The Morgan fingerprint density at radius 1 is 1.05 bits per heavy atom. The van der Waals surface area contributed by atoms with Crippen LogP contribution in [0, 0.1) is 5.92 Å². The molecule has 1 amide bonds. The van der Waals surface area contributed by atoms with Crippen molar-refractivity contribution >= 4 is 34.8 Å². The van der Waals surface area contributed by atoms with Gasteiger partial charge in [0.15, 0.2) is 5.15 Å². The van der Waals surface area contributed by atoms with E-state index >= 15 is 0 Å². The van der Waals surface area contributed by atoms with Crippen molar-refractivity contribution in [2.45, 2.75) is 32.2 Å². The van der Waals surface area contributed by atoms with Gasteiger partial charge in [-0.05, 0) is 43.2 Å². The zero-order chi connectivity index (χ0) is 27.8. The number of H-pyrrole nitrogens is 1. The molecule has 6 rings (SSSR count). The van der Waals surface area contributed by atoms with Gasteiger partial charge in [0.05, 0.1) is 53.2 Å². The maximum atomic E-state index is 13.6. The molecule has 11 nitrogen and oxygen atoms in total. The third kappa shape index (κ3) is 5.01. The molecule has 1 aromatic carbocycles. The maximum absolute atomic E-state index is 13.6. The van der Waals surface area contributed by atoms with Gasteiger partial charge in [0.2, 0.25) is 5.91 Å². The third-order valence-electron chi connectivity index (χ3n) is 6.99. The minimum atomic E-state index is -0.400. The summed E-state index contributed by atoms with van der Waals surface area (Å²) >= 11 is 12.3. The molecule has 2 atom stereocenters. The smallest absolute Gasteiger partial charge is 0.254 e. The zero-order valence-electron chi connectivity index (χ0n) is 21.3. The first kappa shape index (κ1) is 25.9. The van der Waals surface area contributed by atoms with Gasteiger partial charge in [-0.15, -0.1) is 5.10 Å². The quantitative estimate of drug-likeness (QED) is 0.311. The lowest BCUT2D eigenvalue weighted by atomic mass is 9.97. The molecule has 13 heteroatoms. The van der Waals surface area contributed by atoms with Crippen LogP contribution in [0.25, 0.3) is 28.2 Å². The van der Waals surface area contributed by atoms with Crippen molar-refractivity contribution in [3.63, 3.8) is 0 Å². The summed E-state index contributed by atoms with van der Waals surface area (Å²) in [6.07, 6.45) is 8.29. The van der Waals surface area contributed by atoms with E-state index in [2.05, 4.69) is 35.8 Å². The molecule has 4 aromatic heterocycles. The Morgan fingerprint density at radius 2 is 1.93 bits per heavy atom. The van der Waals surface area contributed by atoms with E-state index in [9.17, 15) is 9.59 Å². The highest BCUT2D eigenvalue weighted by molar-refractivity contribution is 6.31. The number of hydrogen-bond acceptors (Lipinski definition) is 7. The number of carbonyl (C=O) groups is 1. The molecule has 0 fully saturated rings. The molecule has 2 bridgehead atoms. The Morgan fingerprint density at radius 3 is 2.73 bits per heavy atom. The first-order valence-corrected chi connectivity index (χ1v) is 13.4. The van der Waals surface area contributed by atoms with Crippen LogP contribution in [0.15, 0.2) is 66.1 Å². The average molecular weight is 576 g/mol. The second kappa shape index (κ2) is 10.7. The molecule has 1 aliphatic heterocycles. The van der Waals surface area contributed by atoms with Crippen molar-refractivity contribution < 1.29 is 4.79 Å². The molecule has 1 aliphatic rings. The molecule has 202 valence electrons. The minimum absolute atomic E-state index is 0.0803. The van der Waals surface area contributed by atoms with Crippen LogP contribution in [0.3, 0.4) is 0 Å². The molecular weight excluding hydrogens is 553 g/mol. The number of nitrogens with one attached hydrogen (secondary N) is 2. The summed E-state index contributed by atoms with van der Waals surface area (Å²) in [6.45, 7) is 1.89. The van der Waals surface area contributed by atoms with Gasteiger partial charge in [0, 0.05) is 34.3 Å². The number of aromatic nitrogens is 8. The second-order valence-electron chi connectivity index (χ2n) is 9.63. The summed E-state index contributed by atoms with van der Waals surface area (Å²) in [5, 5.41) is 18.6. The van der Waals surface area contributed by atoms with Gasteiger partial charge >= 0.3 is 0 Å². The van der Waals surface area contributed by atoms with E-state index in [0.717, 1.165) is 5.56 Å². The molecular formula is C27H23Cl2N9O2. The number of pyridine rings is 1. The molecule has 0 aliphatic carbocycles. The van der Waals surface area contributed by atoms with Crippen molar-refractivity contribution in [2.75, 3.05) is 5.32 Å². The van der Waals surface area contributed by atoms with Crippen LogP contribution in [0.5, 0.6) is 0 Å². The standard InChI is InChI=1S/C27H23Cl2N9O2/c1-15-3-2-4-23(20-9-16(7-8-30-20)26-21(12-32-35-26)33-27(15)40)37-14-31-19(11-25(37)39)18-10-17(28)5-6-22(18)38-13-24(29)34-36-38/h5-15,23H,2-4H2,1H3,(H,32,35)(H,33,40). The van der Waals surface area contributed by atoms with Crippen LogP contribution in [0.4, 0.5) is 5.69 Å². The summed E-state index contributed by atoms with van der Waals surface area (Å²) in [5.74, 6) is -0.305. The number of rotatable bonds is 3. The lowest BCUT2D eigenvalue weighted by Crippen LogP contribution is -2.27. The van der Waals surface area contributed by atoms with Crippen LogP contribution in [0.1, 0.15) is 37.9 Å². The van der Waals surface area contributed by atoms with Gasteiger partial charge in [0.1, 0.15) is 0 Å². The van der Waals surface area contributed by atoms with Gasteiger partial charge in [-0.3, -0.25) is 24.2 Å². The average Bonchev–Trinajstić information content (AvgIpc) is 3.59. The predicted octanol–water partition coefficient (Wildman–Crippen LogP) is 4.93. The zero-order valence-corrected chi connectivity index (χ0v) is 22.8. The Balaban J connectivity index is 1.42. The van der Waals surface area contributed by atoms with E-state index in [-0.39, 0.29) is 22.5 Å². The SMILES string of the molecule is CC1CCCC(n2cnc(-c3cc(Cl)ccc3-n3cc(Cl)nn3)cc2=O)c2cc(ccn2)-c2[nH]ncc2NC1=O. The Hall–Kier alpha value is -4.35. The summed E-state index contributed by atoms with van der Waals surface area (Å²) in [5.41, 5.74) is 4.16. The molecule has 40 heavy (non-hydrogen) atoms. The number of aromatic amines is 1. The van der Waals surface area contributed by atoms with Crippen LogP contribution < -0.4 is 10.9 Å². The van der Waals surface area contributed by atoms with Gasteiger partial charge in [0.25, 0.3) is 5.56 Å². The van der Waals surface area contributed by atoms with E-state index in [0.29, 0.717) is 58.3 Å². The topological polar surface area (TPSA) is 136 Å². The Labute approximate surface area is 238 Å². The number of anilines is 1. The fourth-order valence-electron chi connectivity index (χ4n) is 4.89. The van der Waals surface area contributed by atoms with E-state index in [1.54, 1.807) is 41.4 Å². The van der Waals surface area contributed by atoms with Crippen molar-refractivity contribution in [3.05, 3.63) is 87.5 Å². The van der Waals surface area contributed by atoms with E-state index < -0.39 is 6.04 Å². The summed E-state index contributed by atoms with van der Waals surface area (Å²) in [7, 11) is 0. The van der Waals surface area contributed by atoms with Gasteiger partial charge in [-0.25, -0.2) is 9.67 Å². The van der Waals surface area contributed by atoms with Crippen LogP contribution in [-0.2, 0) is 4.79 Å². The van der Waals surface area contributed by atoms with Gasteiger partial charge in [-0.2, -0.15) is 5.10 Å². The Kier molecular flexibility index (Phi) is 6.91. The van der Waals surface area contributed by atoms with Crippen LogP contribution in [-0.4, -0.2) is 45.6 Å². The molecule has 0 spiro atoms. The predicted molar refractivity (Wildman–Crippen MR) is 150 cm³/mol. The summed E-state index contributed by atoms with van der Waals surface area (Å²) in [4.78, 5) is 35.7. The highest BCUT2D eigenvalue weighted by Crippen LogP contribution is 2.32. The third-order valence-corrected chi connectivity index (χ3v) is 7.40. The molecule has 0 radical (unpaired) electrons. The molecule has 2 unspecified atom stereocenters. The molecule has 5 heterocycles. The lowest BCUT2D eigenvalue weighted by molar-refractivity contribution is -0.119. The Bertz CT molecular complexity index is 1780. The number of amides is 1. The molecule has 2 N–H and O–H groups in total. The first-order chi connectivity index (χ1) is 19.4. The normalized spacial score (nSPS) is 17.4. The van der Waals surface area contributed by atoms with Gasteiger partial charge < -0.3 is 5.32 Å². The van der Waals surface area contributed by atoms with Crippen molar-refractivity contribution in [1.82, 2.24) is 39.7 Å². The molecule has 5 aromatic rings. The number of nitrogens with zero attached hydrogens (tertiary/aromatic N) is 7. The highest BCUT2D eigenvalue weighted by Gasteiger charge is 2.23. The largest absolute Gasteiger partial charge is 0.323 e. The summed E-state index contributed by atoms with van der Waals surface area (Å²) < 4.78 is 3.08. The van der Waals surface area contributed by atoms with E-state index in [1.165, 1.54) is 17.1 Å². The van der Waals surface area contributed by atoms with Crippen LogP contribution in [0.2, 0.25) is 10.2 Å².